The number of epoxide rings is 1. The SMILES string of the molecule is CCO[Si](OCC)(OCCOCC1CO1)c1ccccc1. The summed E-state index contributed by atoms with van der Waals surface area (Å²) in [5.41, 5.74) is 0. The van der Waals surface area contributed by atoms with Gasteiger partial charge in [-0.05, 0) is 13.8 Å². The predicted molar refractivity (Wildman–Crippen MR) is 81.6 cm³/mol. The molecular weight excluding hydrogens is 288 g/mol. The van der Waals surface area contributed by atoms with Crippen LogP contribution in [-0.4, -0.2) is 54.5 Å². The Morgan fingerprint density at radius 3 is 2.29 bits per heavy atom. The summed E-state index contributed by atoms with van der Waals surface area (Å²) < 4.78 is 28.5. The van der Waals surface area contributed by atoms with Gasteiger partial charge in [0.05, 0.1) is 26.4 Å². The van der Waals surface area contributed by atoms with Crippen LogP contribution >= 0.6 is 0 Å². The number of rotatable bonds is 11. The van der Waals surface area contributed by atoms with Crippen molar-refractivity contribution in [3.05, 3.63) is 30.3 Å². The van der Waals surface area contributed by atoms with Gasteiger partial charge in [0.15, 0.2) is 0 Å². The van der Waals surface area contributed by atoms with Gasteiger partial charge in [-0.2, -0.15) is 0 Å². The highest BCUT2D eigenvalue weighted by Gasteiger charge is 2.43. The van der Waals surface area contributed by atoms with E-state index in [4.69, 9.17) is 22.8 Å². The first-order valence-corrected chi connectivity index (χ1v) is 9.20. The van der Waals surface area contributed by atoms with Crippen molar-refractivity contribution in [1.82, 2.24) is 0 Å². The molecule has 1 saturated heterocycles. The van der Waals surface area contributed by atoms with Gasteiger partial charge in [-0.3, -0.25) is 0 Å². The monoisotopic (exact) mass is 312 g/mol. The molecule has 6 heteroatoms. The zero-order valence-corrected chi connectivity index (χ0v) is 13.7. The van der Waals surface area contributed by atoms with Crippen LogP contribution in [0.1, 0.15) is 13.8 Å². The molecule has 0 aliphatic carbocycles. The molecule has 0 bridgehead atoms. The molecule has 1 aromatic carbocycles. The average molecular weight is 312 g/mol. The molecule has 0 N–H and O–H groups in total. The maximum absolute atomic E-state index is 6.03. The minimum absolute atomic E-state index is 0.278. The van der Waals surface area contributed by atoms with Gasteiger partial charge in [0.2, 0.25) is 0 Å². The number of ether oxygens (including phenoxy) is 2. The van der Waals surface area contributed by atoms with Crippen molar-refractivity contribution in [2.45, 2.75) is 20.0 Å². The fourth-order valence-corrected chi connectivity index (χ4v) is 4.47. The minimum Gasteiger partial charge on any atom is -0.376 e. The summed E-state index contributed by atoms with van der Waals surface area (Å²) in [5.74, 6) is 0. The zero-order chi connectivity index (χ0) is 15.0. The molecule has 0 radical (unpaired) electrons. The van der Waals surface area contributed by atoms with E-state index in [1.807, 2.05) is 44.2 Å². The third kappa shape index (κ3) is 5.17. The molecule has 0 amide bonds. The number of hydrogen-bond donors (Lipinski definition) is 0. The van der Waals surface area contributed by atoms with Gasteiger partial charge < -0.3 is 22.8 Å². The normalized spacial score (nSPS) is 17.9. The second-order valence-corrected chi connectivity index (χ2v) is 7.22. The molecule has 21 heavy (non-hydrogen) atoms. The Hall–Kier alpha value is -0.763. The summed E-state index contributed by atoms with van der Waals surface area (Å²) in [7, 11) is -2.84. The molecule has 1 aliphatic heterocycles. The van der Waals surface area contributed by atoms with Crippen LogP contribution in [0.25, 0.3) is 0 Å². The van der Waals surface area contributed by atoms with E-state index >= 15 is 0 Å². The lowest BCUT2D eigenvalue weighted by Gasteiger charge is -2.29. The highest BCUT2D eigenvalue weighted by molar-refractivity contribution is 6.75. The van der Waals surface area contributed by atoms with Crippen LogP contribution in [0.3, 0.4) is 0 Å². The average Bonchev–Trinajstić information content (AvgIpc) is 3.32. The van der Waals surface area contributed by atoms with Crippen molar-refractivity contribution in [2.24, 2.45) is 0 Å². The molecule has 1 unspecified atom stereocenters. The smallest absolute Gasteiger partial charge is 0.376 e. The van der Waals surface area contributed by atoms with Gasteiger partial charge in [-0.15, -0.1) is 0 Å². The lowest BCUT2D eigenvalue weighted by Crippen LogP contribution is -2.57. The van der Waals surface area contributed by atoms with E-state index in [0.717, 1.165) is 11.8 Å². The summed E-state index contributed by atoms with van der Waals surface area (Å²) in [6, 6.07) is 9.91. The summed E-state index contributed by atoms with van der Waals surface area (Å²) >= 11 is 0. The Morgan fingerprint density at radius 2 is 1.71 bits per heavy atom. The van der Waals surface area contributed by atoms with Gasteiger partial charge in [0.25, 0.3) is 0 Å². The van der Waals surface area contributed by atoms with Crippen molar-refractivity contribution >= 4 is 14.0 Å². The van der Waals surface area contributed by atoms with E-state index in [2.05, 4.69) is 0 Å². The highest BCUT2D eigenvalue weighted by Crippen LogP contribution is 2.12. The van der Waals surface area contributed by atoms with Crippen molar-refractivity contribution in [3.63, 3.8) is 0 Å². The van der Waals surface area contributed by atoms with Crippen LogP contribution in [-0.2, 0) is 22.8 Å². The van der Waals surface area contributed by atoms with E-state index in [0.29, 0.717) is 33.0 Å². The summed E-state index contributed by atoms with van der Waals surface area (Å²) in [4.78, 5) is 0. The summed E-state index contributed by atoms with van der Waals surface area (Å²) in [6.07, 6.45) is 0.278. The molecule has 0 spiro atoms. The Balaban J connectivity index is 1.92. The van der Waals surface area contributed by atoms with E-state index in [-0.39, 0.29) is 6.10 Å². The second-order valence-electron chi connectivity index (χ2n) is 4.67. The molecule has 2 rings (SSSR count). The third-order valence-electron chi connectivity index (χ3n) is 3.02. The van der Waals surface area contributed by atoms with Crippen LogP contribution in [0.5, 0.6) is 0 Å². The summed E-state index contributed by atoms with van der Waals surface area (Å²) in [5, 5.41) is 0.985. The van der Waals surface area contributed by atoms with E-state index in [1.165, 1.54) is 0 Å². The molecule has 1 heterocycles. The van der Waals surface area contributed by atoms with Crippen molar-refractivity contribution in [2.75, 3.05) is 39.6 Å². The standard InChI is InChI=1S/C15H24O5Si/c1-3-18-21(19-4-2,15-8-6-5-7-9-15)20-11-10-16-12-14-13-17-14/h5-9,14H,3-4,10-13H2,1-2H3. The van der Waals surface area contributed by atoms with Crippen molar-refractivity contribution in [1.29, 1.82) is 0 Å². The highest BCUT2D eigenvalue weighted by atomic mass is 28.4. The number of benzene rings is 1. The maximum Gasteiger partial charge on any atom is 0.537 e. The molecule has 118 valence electrons. The van der Waals surface area contributed by atoms with Crippen LogP contribution in [0, 0.1) is 0 Å². The first-order valence-electron chi connectivity index (χ1n) is 7.47. The summed E-state index contributed by atoms with van der Waals surface area (Å²) in [6.45, 7) is 7.42. The third-order valence-corrected chi connectivity index (χ3v) is 5.98. The van der Waals surface area contributed by atoms with Gasteiger partial charge in [0, 0.05) is 18.4 Å². The lowest BCUT2D eigenvalue weighted by atomic mass is 10.4. The predicted octanol–water partition coefficient (Wildman–Crippen LogP) is 1.34. The molecule has 1 atom stereocenters. The van der Waals surface area contributed by atoms with Gasteiger partial charge >= 0.3 is 8.80 Å². The topological polar surface area (TPSA) is 49.5 Å². The van der Waals surface area contributed by atoms with E-state index < -0.39 is 8.80 Å². The van der Waals surface area contributed by atoms with Crippen molar-refractivity contribution < 1.29 is 22.8 Å². The van der Waals surface area contributed by atoms with Crippen LogP contribution < -0.4 is 5.19 Å². The quantitative estimate of drug-likeness (QED) is 0.351. The maximum atomic E-state index is 6.03. The van der Waals surface area contributed by atoms with E-state index in [9.17, 15) is 0 Å². The van der Waals surface area contributed by atoms with Crippen LogP contribution in [0.2, 0.25) is 0 Å². The first kappa shape index (κ1) is 16.6. The lowest BCUT2D eigenvalue weighted by molar-refractivity contribution is 0.0393. The zero-order valence-electron chi connectivity index (χ0n) is 12.7. The van der Waals surface area contributed by atoms with Gasteiger partial charge in [0.1, 0.15) is 6.10 Å². The fraction of sp³-hybridized carbons (Fsp3) is 0.600. The molecular formula is C15H24O5Si. The first-order chi connectivity index (χ1) is 10.3. The molecule has 0 saturated carbocycles. The Morgan fingerprint density at radius 1 is 1.05 bits per heavy atom. The fourth-order valence-electron chi connectivity index (χ4n) is 2.01. The Labute approximate surface area is 127 Å². The largest absolute Gasteiger partial charge is 0.537 e. The molecule has 1 fully saturated rings. The molecule has 1 aromatic rings. The van der Waals surface area contributed by atoms with Gasteiger partial charge in [-0.25, -0.2) is 0 Å². The van der Waals surface area contributed by atoms with Crippen molar-refractivity contribution in [3.8, 4) is 0 Å². The van der Waals surface area contributed by atoms with Crippen LogP contribution in [0.4, 0.5) is 0 Å². The van der Waals surface area contributed by atoms with E-state index in [1.54, 1.807) is 0 Å². The Bertz CT molecular complexity index is 390. The van der Waals surface area contributed by atoms with Crippen LogP contribution in [0.15, 0.2) is 30.3 Å². The molecule has 0 aromatic heterocycles. The molecule has 5 nitrogen and oxygen atoms in total. The molecule has 1 aliphatic rings. The van der Waals surface area contributed by atoms with Gasteiger partial charge in [-0.1, -0.05) is 30.3 Å². The Kier molecular flexibility index (Phi) is 6.82. The number of hydrogen-bond acceptors (Lipinski definition) is 5. The second kappa shape index (κ2) is 8.62. The minimum atomic E-state index is -2.84.